The van der Waals surface area contributed by atoms with Crippen LogP contribution in [0.25, 0.3) is 0 Å². The third kappa shape index (κ3) is 3.39. The Morgan fingerprint density at radius 2 is 2.12 bits per heavy atom. The van der Waals surface area contributed by atoms with Crippen molar-refractivity contribution in [3.05, 3.63) is 16.9 Å². The molecule has 0 aliphatic heterocycles. The summed E-state index contributed by atoms with van der Waals surface area (Å²) in [5.41, 5.74) is 0. The van der Waals surface area contributed by atoms with Gasteiger partial charge in [0.05, 0.1) is 11.6 Å². The van der Waals surface area contributed by atoms with Crippen LogP contribution in [-0.4, -0.2) is 29.2 Å². The number of hydrogen-bond donors (Lipinski definition) is 0. The van der Waals surface area contributed by atoms with Gasteiger partial charge in [-0.1, -0.05) is 0 Å². The first-order valence-electron chi connectivity index (χ1n) is 5.38. The molecule has 5 nitrogen and oxygen atoms in total. The molecule has 2 rings (SSSR count). The van der Waals surface area contributed by atoms with Gasteiger partial charge in [0.15, 0.2) is 0 Å². The van der Waals surface area contributed by atoms with Crippen LogP contribution < -0.4 is 4.74 Å². The van der Waals surface area contributed by atoms with Crippen LogP contribution in [-0.2, 0) is 9.53 Å². The Labute approximate surface area is 108 Å². The van der Waals surface area contributed by atoms with E-state index >= 15 is 0 Å². The van der Waals surface area contributed by atoms with Crippen LogP contribution in [0.1, 0.15) is 19.3 Å². The molecule has 0 amide bonds. The van der Waals surface area contributed by atoms with Crippen molar-refractivity contribution in [1.29, 1.82) is 0 Å². The summed E-state index contributed by atoms with van der Waals surface area (Å²) in [5.74, 6) is 0.205. The average molecular weight is 301 g/mol. The third-order valence-electron chi connectivity index (χ3n) is 2.74. The zero-order valence-corrected chi connectivity index (χ0v) is 11.0. The lowest BCUT2D eigenvalue weighted by molar-refractivity contribution is -0.143. The molecule has 1 fully saturated rings. The highest BCUT2D eigenvalue weighted by Gasteiger charge is 2.33. The number of esters is 1. The number of nitrogens with zero attached hydrogens (tertiary/aromatic N) is 2. The Hall–Kier alpha value is -1.17. The molecule has 0 N–H and O–H groups in total. The lowest BCUT2D eigenvalue weighted by atomic mass is 9.80. The van der Waals surface area contributed by atoms with E-state index in [4.69, 9.17) is 4.74 Å². The molecule has 17 heavy (non-hydrogen) atoms. The maximum Gasteiger partial charge on any atom is 0.316 e. The van der Waals surface area contributed by atoms with Crippen molar-refractivity contribution in [1.82, 2.24) is 9.97 Å². The minimum Gasteiger partial charge on any atom is -0.469 e. The van der Waals surface area contributed by atoms with Gasteiger partial charge < -0.3 is 9.47 Å². The van der Waals surface area contributed by atoms with E-state index in [9.17, 15) is 4.79 Å². The Kier molecular flexibility index (Phi) is 3.93. The summed E-state index contributed by atoms with van der Waals surface area (Å²) in [6.45, 7) is 0. The Morgan fingerprint density at radius 1 is 1.47 bits per heavy atom. The lowest BCUT2D eigenvalue weighted by Gasteiger charge is -2.33. The van der Waals surface area contributed by atoms with Gasteiger partial charge in [-0.05, 0) is 34.7 Å². The fourth-order valence-corrected chi connectivity index (χ4v) is 1.97. The summed E-state index contributed by atoms with van der Waals surface area (Å²) in [6, 6.07) is 0.384. The number of aromatic nitrogens is 2. The molecule has 1 saturated carbocycles. The van der Waals surface area contributed by atoms with Crippen LogP contribution in [0.2, 0.25) is 0 Å². The van der Waals surface area contributed by atoms with E-state index < -0.39 is 0 Å². The normalized spacial score (nSPS) is 22.7. The van der Waals surface area contributed by atoms with Gasteiger partial charge in [-0.2, -0.15) is 0 Å². The number of carbonyl (C=O) groups excluding carboxylic acids is 1. The second-order valence-electron chi connectivity index (χ2n) is 4.04. The summed E-state index contributed by atoms with van der Waals surface area (Å²) >= 11 is 3.26. The molecule has 0 aromatic carbocycles. The summed E-state index contributed by atoms with van der Waals surface area (Å²) in [5, 5.41) is 0. The zero-order chi connectivity index (χ0) is 12.3. The van der Waals surface area contributed by atoms with Gasteiger partial charge >= 0.3 is 12.0 Å². The first-order chi connectivity index (χ1) is 8.17. The van der Waals surface area contributed by atoms with Gasteiger partial charge in [0.25, 0.3) is 0 Å². The molecule has 0 atom stereocenters. The fourth-order valence-electron chi connectivity index (χ4n) is 1.77. The van der Waals surface area contributed by atoms with Gasteiger partial charge in [-0.25, -0.2) is 9.97 Å². The highest BCUT2D eigenvalue weighted by atomic mass is 79.9. The molecule has 92 valence electrons. The predicted octanol–water partition coefficient (Wildman–Crippen LogP) is 1.96. The van der Waals surface area contributed by atoms with E-state index in [1.807, 2.05) is 0 Å². The smallest absolute Gasteiger partial charge is 0.316 e. The van der Waals surface area contributed by atoms with Crippen LogP contribution in [0.5, 0.6) is 6.01 Å². The lowest BCUT2D eigenvalue weighted by Crippen LogP contribution is -2.35. The molecule has 6 heteroatoms. The Balaban J connectivity index is 1.73. The van der Waals surface area contributed by atoms with Crippen molar-refractivity contribution in [3.63, 3.8) is 0 Å². The summed E-state index contributed by atoms with van der Waals surface area (Å²) < 4.78 is 11.0. The highest BCUT2D eigenvalue weighted by Crippen LogP contribution is 2.33. The number of ether oxygens (including phenoxy) is 2. The molecular weight excluding hydrogens is 288 g/mol. The molecule has 0 spiro atoms. The number of halogens is 1. The summed E-state index contributed by atoms with van der Waals surface area (Å²) in [6.07, 6.45) is 5.59. The van der Waals surface area contributed by atoms with Crippen molar-refractivity contribution >= 4 is 21.9 Å². The van der Waals surface area contributed by atoms with Crippen LogP contribution in [0.4, 0.5) is 0 Å². The van der Waals surface area contributed by atoms with Gasteiger partial charge in [-0.3, -0.25) is 4.79 Å². The molecule has 1 aromatic rings. The van der Waals surface area contributed by atoms with Crippen molar-refractivity contribution in [2.24, 2.45) is 5.92 Å². The molecular formula is C11H13BrN2O3. The van der Waals surface area contributed by atoms with Crippen LogP contribution in [0.15, 0.2) is 16.9 Å². The second kappa shape index (κ2) is 5.44. The summed E-state index contributed by atoms with van der Waals surface area (Å²) in [7, 11) is 1.41. The number of methoxy groups -OCH3 is 1. The average Bonchev–Trinajstić information content (AvgIpc) is 2.28. The largest absolute Gasteiger partial charge is 0.469 e. The fraction of sp³-hybridized carbons (Fsp3) is 0.545. The maximum absolute atomic E-state index is 11.0. The van der Waals surface area contributed by atoms with Crippen LogP contribution in [0.3, 0.4) is 0 Å². The first kappa shape index (κ1) is 12.3. The van der Waals surface area contributed by atoms with Gasteiger partial charge in [0, 0.05) is 18.8 Å². The molecule has 1 aliphatic carbocycles. The standard InChI is InChI=1S/C11H13BrN2O3/c1-16-10(15)4-7-2-9(3-7)17-11-13-5-8(12)6-14-11/h5-7,9H,2-4H2,1H3/t7-,9-. The van der Waals surface area contributed by atoms with Gasteiger partial charge in [0.2, 0.25) is 0 Å². The van der Waals surface area contributed by atoms with E-state index in [1.165, 1.54) is 7.11 Å². The Bertz CT molecular complexity index is 390. The third-order valence-corrected chi connectivity index (χ3v) is 3.15. The number of rotatable bonds is 4. The predicted molar refractivity (Wildman–Crippen MR) is 63.5 cm³/mol. The topological polar surface area (TPSA) is 61.3 Å². The quantitative estimate of drug-likeness (QED) is 0.796. The highest BCUT2D eigenvalue weighted by molar-refractivity contribution is 9.10. The number of hydrogen-bond acceptors (Lipinski definition) is 5. The molecule has 0 bridgehead atoms. The molecule has 0 radical (unpaired) electrons. The SMILES string of the molecule is COC(=O)C[C@H]1C[C@H](Oc2ncc(Br)cn2)C1. The van der Waals surface area contributed by atoms with E-state index in [1.54, 1.807) is 12.4 Å². The van der Waals surface area contributed by atoms with Crippen LogP contribution in [0, 0.1) is 5.92 Å². The van der Waals surface area contributed by atoms with Crippen molar-refractivity contribution in [2.45, 2.75) is 25.4 Å². The number of carbonyl (C=O) groups is 1. The minimum absolute atomic E-state index is 0.117. The van der Waals surface area contributed by atoms with Crippen LogP contribution >= 0.6 is 15.9 Å². The molecule has 1 heterocycles. The van der Waals surface area contributed by atoms with E-state index in [0.717, 1.165) is 17.3 Å². The second-order valence-corrected chi connectivity index (χ2v) is 4.96. The van der Waals surface area contributed by atoms with Gasteiger partial charge in [0.1, 0.15) is 6.10 Å². The van der Waals surface area contributed by atoms with E-state index in [2.05, 4.69) is 30.6 Å². The molecule has 0 unspecified atom stereocenters. The summed E-state index contributed by atoms with van der Waals surface area (Å²) in [4.78, 5) is 19.1. The van der Waals surface area contributed by atoms with Crippen molar-refractivity contribution in [3.8, 4) is 6.01 Å². The van der Waals surface area contributed by atoms with E-state index in [-0.39, 0.29) is 12.1 Å². The minimum atomic E-state index is -0.159. The molecule has 1 aromatic heterocycles. The van der Waals surface area contributed by atoms with Crippen molar-refractivity contribution in [2.75, 3.05) is 7.11 Å². The zero-order valence-electron chi connectivity index (χ0n) is 9.43. The molecule has 0 saturated heterocycles. The van der Waals surface area contributed by atoms with E-state index in [0.29, 0.717) is 18.3 Å². The Morgan fingerprint density at radius 3 is 2.71 bits per heavy atom. The maximum atomic E-state index is 11.0. The first-order valence-corrected chi connectivity index (χ1v) is 6.17. The van der Waals surface area contributed by atoms with Crippen molar-refractivity contribution < 1.29 is 14.3 Å². The van der Waals surface area contributed by atoms with Gasteiger partial charge in [-0.15, -0.1) is 0 Å². The monoisotopic (exact) mass is 300 g/mol. The molecule has 1 aliphatic rings.